The van der Waals surface area contributed by atoms with E-state index in [1.165, 1.54) is 44.2 Å². The zero-order valence-corrected chi connectivity index (χ0v) is 38.4. The molecule has 6 heterocycles. The number of methoxy groups -OCH3 is 1. The highest BCUT2D eigenvalue weighted by atomic mass is 32.1. The Morgan fingerprint density at radius 3 is 2.60 bits per heavy atom. The lowest BCUT2D eigenvalue weighted by Gasteiger charge is -2.39. The summed E-state index contributed by atoms with van der Waals surface area (Å²) in [7, 11) is 3.47. The van der Waals surface area contributed by atoms with E-state index >= 15 is 0 Å². The van der Waals surface area contributed by atoms with Crippen LogP contribution in [0.15, 0.2) is 65.6 Å². The number of nitrogen functional groups attached to an aromatic ring is 1. The number of amides is 2. The van der Waals surface area contributed by atoms with E-state index in [4.69, 9.17) is 24.9 Å². The number of nitrogens with two attached hydrogens (primary N) is 1. The molecule has 7 aromatic rings. The summed E-state index contributed by atoms with van der Waals surface area (Å²) >= 11 is 2.86. The van der Waals surface area contributed by atoms with E-state index in [2.05, 4.69) is 43.8 Å². The normalized spacial score (nSPS) is 19.3. The highest BCUT2D eigenvalue weighted by Gasteiger charge is 2.46. The van der Waals surface area contributed by atoms with E-state index in [9.17, 15) is 14.4 Å². The fourth-order valence-corrected chi connectivity index (χ4v) is 12.2. The molecular weight excluding hydrogens is 863 g/mol. The summed E-state index contributed by atoms with van der Waals surface area (Å²) in [6, 6.07) is 18.3. The van der Waals surface area contributed by atoms with Gasteiger partial charge in [-0.05, 0) is 104 Å². The predicted octanol–water partition coefficient (Wildman–Crippen LogP) is 6.00. The lowest BCUT2D eigenvalue weighted by Crippen LogP contribution is -2.48. The highest BCUT2D eigenvalue weighted by molar-refractivity contribution is 7.21. The van der Waals surface area contributed by atoms with Crippen LogP contribution in [-0.2, 0) is 47.3 Å². The van der Waals surface area contributed by atoms with Gasteiger partial charge in [-0.15, -0.1) is 22.7 Å². The minimum absolute atomic E-state index is 0.0213. The number of aryl methyl sites for hydroxylation is 3. The Morgan fingerprint density at radius 1 is 0.938 bits per heavy atom. The summed E-state index contributed by atoms with van der Waals surface area (Å²) in [6.45, 7) is 6.01. The van der Waals surface area contributed by atoms with Gasteiger partial charge in [-0.2, -0.15) is 5.10 Å². The average Bonchev–Trinajstić information content (AvgIpc) is 4.03. The van der Waals surface area contributed by atoms with Crippen LogP contribution in [0.25, 0.3) is 31.5 Å². The number of piperidine rings is 1. The van der Waals surface area contributed by atoms with Gasteiger partial charge in [0.15, 0.2) is 5.65 Å². The highest BCUT2D eigenvalue weighted by Crippen LogP contribution is 2.44. The Bertz CT molecular complexity index is 2980. The van der Waals surface area contributed by atoms with Crippen molar-refractivity contribution in [2.24, 2.45) is 24.8 Å². The van der Waals surface area contributed by atoms with E-state index in [-0.39, 0.29) is 29.3 Å². The maximum Gasteiger partial charge on any atom is 0.291 e. The molecule has 65 heavy (non-hydrogen) atoms. The number of thiazole rings is 1. The third-order valence-corrected chi connectivity index (χ3v) is 15.5. The van der Waals surface area contributed by atoms with Crippen molar-refractivity contribution in [1.82, 2.24) is 34.9 Å². The van der Waals surface area contributed by atoms with E-state index in [1.807, 2.05) is 54.9 Å². The minimum atomic E-state index is -0.173. The first-order valence-electron chi connectivity index (χ1n) is 22.3. The molecular formula is C48H53N9O6S2. The first-order chi connectivity index (χ1) is 31.6. The second-order valence-corrected chi connectivity index (χ2v) is 19.6. The number of carbonyl (C=O) groups is 2. The minimum Gasteiger partial charge on any atom is -0.497 e. The number of benzene rings is 2. The summed E-state index contributed by atoms with van der Waals surface area (Å²) in [4.78, 5) is 53.4. The summed E-state index contributed by atoms with van der Waals surface area (Å²) in [6.07, 6.45) is 6.42. The molecule has 2 fully saturated rings. The molecule has 4 N–H and O–H groups in total. The van der Waals surface area contributed by atoms with E-state index in [1.54, 1.807) is 13.3 Å². The molecule has 2 amide bonds. The molecule has 2 bridgehead atoms. The number of pyridine rings is 1. The summed E-state index contributed by atoms with van der Waals surface area (Å²) in [5.74, 6) is 1.40. The Hall–Kier alpha value is -5.88. The molecule has 1 saturated heterocycles. The Morgan fingerprint density at radius 2 is 1.77 bits per heavy atom. The van der Waals surface area contributed by atoms with Gasteiger partial charge in [0, 0.05) is 60.8 Å². The Kier molecular flexibility index (Phi) is 12.0. The van der Waals surface area contributed by atoms with Crippen LogP contribution in [-0.4, -0.2) is 88.7 Å². The van der Waals surface area contributed by atoms with E-state index < -0.39 is 0 Å². The van der Waals surface area contributed by atoms with Crippen molar-refractivity contribution in [3.05, 3.63) is 103 Å². The van der Waals surface area contributed by atoms with E-state index in [0.717, 1.165) is 93.2 Å². The Labute approximate surface area is 383 Å². The molecule has 2 aliphatic carbocycles. The van der Waals surface area contributed by atoms with Gasteiger partial charge in [-0.25, -0.2) is 14.6 Å². The molecule has 2 aromatic carbocycles. The number of ether oxygens (including phenoxy) is 3. The van der Waals surface area contributed by atoms with Crippen molar-refractivity contribution < 1.29 is 23.8 Å². The van der Waals surface area contributed by atoms with Crippen molar-refractivity contribution in [2.75, 3.05) is 57.2 Å². The van der Waals surface area contributed by atoms with Crippen LogP contribution in [0.5, 0.6) is 5.75 Å². The summed E-state index contributed by atoms with van der Waals surface area (Å²) in [5.41, 5.74) is 13.7. The zero-order chi connectivity index (χ0) is 44.8. The fourth-order valence-electron chi connectivity index (χ4n) is 10.1. The zero-order valence-electron chi connectivity index (χ0n) is 36.8. The van der Waals surface area contributed by atoms with Gasteiger partial charge >= 0.3 is 0 Å². The number of anilines is 2. The molecule has 338 valence electrons. The molecule has 4 atom stereocenters. The lowest BCUT2D eigenvalue weighted by atomic mass is 9.83. The Balaban J connectivity index is 0.649. The number of hydrogen-bond acceptors (Lipinski definition) is 13. The van der Waals surface area contributed by atoms with Gasteiger partial charge in [0.2, 0.25) is 5.91 Å². The number of thiophene rings is 1. The van der Waals surface area contributed by atoms with Crippen LogP contribution in [0, 0.1) is 24.7 Å². The quantitative estimate of drug-likeness (QED) is 0.103. The van der Waals surface area contributed by atoms with Crippen LogP contribution in [0.4, 0.5) is 11.4 Å². The van der Waals surface area contributed by atoms with Crippen LogP contribution in [0.2, 0.25) is 0 Å². The largest absolute Gasteiger partial charge is 0.497 e. The lowest BCUT2D eigenvalue weighted by molar-refractivity contribution is -0.128. The first-order valence-corrected chi connectivity index (χ1v) is 24.0. The molecule has 1 saturated carbocycles. The first kappa shape index (κ1) is 43.0. The maximum atomic E-state index is 13.5. The molecule has 0 radical (unpaired) electrons. The molecule has 0 spiro atoms. The summed E-state index contributed by atoms with van der Waals surface area (Å²) < 4.78 is 21.2. The number of rotatable bonds is 15. The molecule has 1 aliphatic heterocycles. The third kappa shape index (κ3) is 8.57. The van der Waals surface area contributed by atoms with Gasteiger partial charge in [0.05, 0.1) is 56.7 Å². The smallest absolute Gasteiger partial charge is 0.291 e. The number of carbonyl (C=O) groups excluding carboxylic acids is 2. The maximum absolute atomic E-state index is 13.5. The van der Waals surface area contributed by atoms with Gasteiger partial charge in [0.25, 0.3) is 11.5 Å². The fraction of sp³-hybridized carbons (Fsp3) is 0.417. The van der Waals surface area contributed by atoms with Crippen molar-refractivity contribution in [3.8, 4) is 5.75 Å². The van der Waals surface area contributed by atoms with Gasteiger partial charge in [-0.1, -0.05) is 18.2 Å². The van der Waals surface area contributed by atoms with Crippen LogP contribution < -0.4 is 31.6 Å². The number of nitrogens with one attached hydrogen (secondary N) is 2. The molecule has 10 rings (SSSR count). The van der Waals surface area contributed by atoms with Gasteiger partial charge < -0.3 is 40.0 Å². The molecule has 1 unspecified atom stereocenters. The molecule has 5 aromatic heterocycles. The molecule has 15 nitrogen and oxygen atoms in total. The third-order valence-electron chi connectivity index (χ3n) is 13.4. The second-order valence-electron chi connectivity index (χ2n) is 17.5. The predicted molar refractivity (Wildman–Crippen MR) is 254 cm³/mol. The number of nitrogens with zero attached hydrogens (tertiary/aromatic N) is 6. The summed E-state index contributed by atoms with van der Waals surface area (Å²) in [5, 5.41) is 13.3. The van der Waals surface area contributed by atoms with Crippen LogP contribution in [0.3, 0.4) is 0 Å². The van der Waals surface area contributed by atoms with E-state index in [0.29, 0.717) is 67.4 Å². The van der Waals surface area contributed by atoms with Crippen molar-refractivity contribution >= 4 is 77.3 Å². The number of aromatic nitrogens is 5. The monoisotopic (exact) mass is 915 g/mol. The van der Waals surface area contributed by atoms with Crippen LogP contribution >= 0.6 is 22.7 Å². The average molecular weight is 916 g/mol. The second kappa shape index (κ2) is 18.2. The molecule has 17 heteroatoms. The van der Waals surface area contributed by atoms with Crippen molar-refractivity contribution in [1.29, 1.82) is 0 Å². The SMILES string of the molecule is COc1cccc(Cn2ncc3c4sc(COCCOCCNC(=O)C5[C@@H]6CC[C@H]5CN(c5ccc7c(c5)CC[C@H](NC(=O)c5sc8nc(C)ccc8c5N)C7)C6)nc4n(C)c3c2=O)c1. The number of fused-ring (bicyclic) bond motifs is 7. The molecule has 3 aliphatic rings. The van der Waals surface area contributed by atoms with Gasteiger partial charge in [0.1, 0.15) is 26.0 Å². The van der Waals surface area contributed by atoms with Gasteiger partial charge in [-0.3, -0.25) is 14.4 Å². The standard InChI is InChI=1S/C48H53N9O6S2/c1-27-7-14-36-40(49)43(65-47(36)52-27)46(59)53-33-12-10-30-21-34(13-11-29(30)20-33)56-24-31-8-9-32(25-56)39(31)45(58)50-15-16-62-17-18-63-26-38-54-44-42(64-38)37-22-51-57(48(60)41(37)55(44)2)23-28-5-4-6-35(19-28)61-3/h4-7,11,13-14,19,21-22,31-33,39H,8-10,12,15-18,20,23-26,49H2,1-3H3,(H,50,58)(H,53,59)/t31-,32+,33-,39?/m0/s1. The number of hydrogen-bond donors (Lipinski definition) is 3. The van der Waals surface area contributed by atoms with Crippen molar-refractivity contribution in [3.63, 3.8) is 0 Å². The topological polar surface area (TPSA) is 181 Å². The van der Waals surface area contributed by atoms with Crippen molar-refractivity contribution in [2.45, 2.75) is 58.2 Å². The van der Waals surface area contributed by atoms with Crippen LogP contribution in [0.1, 0.15) is 56.3 Å².